The Kier molecular flexibility index (Phi) is 7.61. The maximum Gasteiger partial charge on any atom is 0.411 e. The number of likely N-dealkylation sites (tertiary alicyclic amines) is 1. The number of rotatable bonds is 6. The third kappa shape index (κ3) is 5.35. The molecule has 0 unspecified atom stereocenters. The van der Waals surface area contributed by atoms with Crippen LogP contribution in [-0.2, 0) is 16.1 Å². The standard InChI is InChI=1S/C25H27Cl2N5O5/c1-13-23(30(3)25(36)37)21(17-5-4-15(26)10-18(17)27)22-19(28-13)12-32(24(22)35)9-7-20(34)31-8-6-16(11-31)29-14(2)33/h4-5,10,16H,6-9,11-12H2,1-3H3,(H,29,33)(H,36,37)/t16-/m0/s1. The van der Waals surface area contributed by atoms with Gasteiger partial charge >= 0.3 is 6.09 Å². The van der Waals surface area contributed by atoms with Gasteiger partial charge in [-0.05, 0) is 25.5 Å². The molecule has 1 aromatic carbocycles. The lowest BCUT2D eigenvalue weighted by Gasteiger charge is -2.22. The molecule has 1 fully saturated rings. The quantitative estimate of drug-likeness (QED) is 0.569. The van der Waals surface area contributed by atoms with Crippen LogP contribution < -0.4 is 10.2 Å². The smallest absolute Gasteiger partial charge is 0.411 e. The maximum atomic E-state index is 13.6. The zero-order chi connectivity index (χ0) is 27.0. The Morgan fingerprint density at radius 2 is 1.97 bits per heavy atom. The lowest BCUT2D eigenvalue weighted by atomic mass is 9.95. The van der Waals surface area contributed by atoms with Gasteiger partial charge in [-0.2, -0.15) is 0 Å². The number of carbonyl (C=O) groups is 4. The number of benzene rings is 1. The number of carboxylic acid groups (broad SMARTS) is 1. The number of halogens is 2. The fourth-order valence-corrected chi connectivity index (χ4v) is 5.44. The first-order valence-electron chi connectivity index (χ1n) is 11.8. The van der Waals surface area contributed by atoms with E-state index in [4.69, 9.17) is 23.2 Å². The molecule has 37 heavy (non-hydrogen) atoms. The number of pyridine rings is 1. The van der Waals surface area contributed by atoms with Crippen LogP contribution in [0.25, 0.3) is 11.1 Å². The van der Waals surface area contributed by atoms with Crippen molar-refractivity contribution >= 4 is 52.7 Å². The van der Waals surface area contributed by atoms with Gasteiger partial charge in [0.05, 0.1) is 29.2 Å². The number of amides is 4. The van der Waals surface area contributed by atoms with E-state index in [-0.39, 0.29) is 59.5 Å². The van der Waals surface area contributed by atoms with Gasteiger partial charge in [0.15, 0.2) is 0 Å². The Balaban J connectivity index is 1.62. The highest BCUT2D eigenvalue weighted by Gasteiger charge is 2.37. The molecule has 4 amide bonds. The molecule has 2 aliphatic rings. The van der Waals surface area contributed by atoms with Crippen molar-refractivity contribution < 1.29 is 24.3 Å². The highest BCUT2D eigenvalue weighted by atomic mass is 35.5. The molecule has 10 nitrogen and oxygen atoms in total. The molecule has 1 saturated heterocycles. The number of nitrogens with zero attached hydrogens (tertiary/aromatic N) is 4. The van der Waals surface area contributed by atoms with E-state index in [1.807, 2.05) is 0 Å². The SMILES string of the molecule is CC(=O)N[C@H]1CCN(C(=O)CCN2Cc3nc(C)c(N(C)C(=O)O)c(-c4ccc(Cl)cc4Cl)c3C2=O)C1. The first-order valence-corrected chi connectivity index (χ1v) is 12.5. The summed E-state index contributed by atoms with van der Waals surface area (Å²) in [6.07, 6.45) is -0.412. The maximum absolute atomic E-state index is 13.6. The molecular weight excluding hydrogens is 521 g/mol. The molecule has 0 saturated carbocycles. The van der Waals surface area contributed by atoms with Crippen molar-refractivity contribution in [1.82, 2.24) is 20.1 Å². The minimum absolute atomic E-state index is 0.0670. The van der Waals surface area contributed by atoms with E-state index in [1.54, 1.807) is 24.0 Å². The fourth-order valence-electron chi connectivity index (χ4n) is 4.93. The number of hydrogen-bond acceptors (Lipinski definition) is 5. The molecule has 1 aromatic heterocycles. The van der Waals surface area contributed by atoms with Crippen LogP contribution in [0.2, 0.25) is 10.0 Å². The van der Waals surface area contributed by atoms with Crippen molar-refractivity contribution in [3.05, 3.63) is 45.2 Å². The van der Waals surface area contributed by atoms with E-state index < -0.39 is 6.09 Å². The van der Waals surface area contributed by atoms with Crippen LogP contribution >= 0.6 is 23.2 Å². The number of aryl methyl sites for hydroxylation is 1. The zero-order valence-electron chi connectivity index (χ0n) is 20.7. The van der Waals surface area contributed by atoms with Gasteiger partial charge in [0.1, 0.15) is 0 Å². The van der Waals surface area contributed by atoms with Gasteiger partial charge in [0.25, 0.3) is 5.91 Å². The van der Waals surface area contributed by atoms with E-state index in [1.165, 1.54) is 24.9 Å². The minimum Gasteiger partial charge on any atom is -0.465 e. The van der Waals surface area contributed by atoms with E-state index in [9.17, 15) is 24.3 Å². The van der Waals surface area contributed by atoms with Gasteiger partial charge in [-0.3, -0.25) is 24.3 Å². The largest absolute Gasteiger partial charge is 0.465 e. The monoisotopic (exact) mass is 547 g/mol. The first kappa shape index (κ1) is 26.7. The average molecular weight is 548 g/mol. The van der Waals surface area contributed by atoms with Crippen LogP contribution in [0.5, 0.6) is 0 Å². The molecule has 3 heterocycles. The highest BCUT2D eigenvalue weighted by Crippen LogP contribution is 2.43. The second kappa shape index (κ2) is 10.5. The van der Waals surface area contributed by atoms with Crippen LogP contribution in [0.15, 0.2) is 18.2 Å². The van der Waals surface area contributed by atoms with Crippen molar-refractivity contribution in [2.75, 3.05) is 31.6 Å². The molecule has 1 atom stereocenters. The van der Waals surface area contributed by atoms with Crippen molar-refractivity contribution in [3.8, 4) is 11.1 Å². The van der Waals surface area contributed by atoms with Gasteiger partial charge < -0.3 is 20.2 Å². The Bertz CT molecular complexity index is 1300. The predicted molar refractivity (Wildman–Crippen MR) is 139 cm³/mol. The molecular formula is C25H27Cl2N5O5. The van der Waals surface area contributed by atoms with Crippen molar-refractivity contribution in [2.45, 2.75) is 39.3 Å². The average Bonchev–Trinajstić information content (AvgIpc) is 3.40. The van der Waals surface area contributed by atoms with Gasteiger partial charge in [-0.15, -0.1) is 0 Å². The molecule has 2 aromatic rings. The second-order valence-corrected chi connectivity index (χ2v) is 10.1. The topological polar surface area (TPSA) is 123 Å². The molecule has 4 rings (SSSR count). The number of fused-ring (bicyclic) bond motifs is 1. The minimum atomic E-state index is -1.22. The molecule has 2 aliphatic heterocycles. The zero-order valence-corrected chi connectivity index (χ0v) is 22.2. The van der Waals surface area contributed by atoms with Crippen LogP contribution in [-0.4, -0.2) is 76.4 Å². The predicted octanol–water partition coefficient (Wildman–Crippen LogP) is 3.56. The molecule has 12 heteroatoms. The molecule has 0 aliphatic carbocycles. The Morgan fingerprint density at radius 1 is 1.24 bits per heavy atom. The second-order valence-electron chi connectivity index (χ2n) is 9.21. The summed E-state index contributed by atoms with van der Waals surface area (Å²) < 4.78 is 0. The van der Waals surface area contributed by atoms with E-state index in [0.717, 1.165) is 4.90 Å². The summed E-state index contributed by atoms with van der Waals surface area (Å²) in [6.45, 7) is 4.47. The molecule has 0 radical (unpaired) electrons. The first-order chi connectivity index (χ1) is 17.5. The van der Waals surface area contributed by atoms with Gasteiger partial charge in [-0.25, -0.2) is 4.79 Å². The summed E-state index contributed by atoms with van der Waals surface area (Å²) in [5.74, 6) is -0.589. The van der Waals surface area contributed by atoms with Crippen LogP contribution in [0.3, 0.4) is 0 Å². The number of anilines is 1. The Labute approximate surface area is 224 Å². The summed E-state index contributed by atoms with van der Waals surface area (Å²) in [5.41, 5.74) is 2.26. The van der Waals surface area contributed by atoms with Gasteiger partial charge in [0, 0.05) is 67.2 Å². The summed E-state index contributed by atoms with van der Waals surface area (Å²) in [6, 6.07) is 4.74. The Hall–Kier alpha value is -3.37. The lowest BCUT2D eigenvalue weighted by molar-refractivity contribution is -0.130. The molecule has 196 valence electrons. The fraction of sp³-hybridized carbons (Fsp3) is 0.400. The van der Waals surface area contributed by atoms with Crippen LogP contribution in [0.1, 0.15) is 41.5 Å². The number of carbonyl (C=O) groups excluding carboxylic acids is 3. The molecule has 0 bridgehead atoms. The third-order valence-electron chi connectivity index (χ3n) is 6.63. The van der Waals surface area contributed by atoms with Crippen molar-refractivity contribution in [2.24, 2.45) is 0 Å². The number of aromatic nitrogens is 1. The normalized spacial score (nSPS) is 16.7. The Morgan fingerprint density at radius 3 is 2.62 bits per heavy atom. The van der Waals surface area contributed by atoms with Crippen molar-refractivity contribution in [3.63, 3.8) is 0 Å². The van der Waals surface area contributed by atoms with Gasteiger partial charge in [0.2, 0.25) is 11.8 Å². The van der Waals surface area contributed by atoms with E-state index in [2.05, 4.69) is 10.3 Å². The molecule has 0 spiro atoms. The highest BCUT2D eigenvalue weighted by molar-refractivity contribution is 6.37. The van der Waals surface area contributed by atoms with E-state index >= 15 is 0 Å². The van der Waals surface area contributed by atoms with E-state index in [0.29, 0.717) is 47.0 Å². The lowest BCUT2D eigenvalue weighted by Crippen LogP contribution is -2.38. The van der Waals surface area contributed by atoms with Gasteiger partial charge in [-0.1, -0.05) is 29.3 Å². The summed E-state index contributed by atoms with van der Waals surface area (Å²) in [5, 5.41) is 13.2. The van der Waals surface area contributed by atoms with Crippen LogP contribution in [0.4, 0.5) is 10.5 Å². The summed E-state index contributed by atoms with van der Waals surface area (Å²) in [7, 11) is 1.38. The summed E-state index contributed by atoms with van der Waals surface area (Å²) in [4.78, 5) is 58.4. The number of nitrogens with one attached hydrogen (secondary N) is 1. The van der Waals surface area contributed by atoms with Crippen molar-refractivity contribution in [1.29, 1.82) is 0 Å². The number of hydrogen-bond donors (Lipinski definition) is 2. The molecule has 2 N–H and O–H groups in total. The summed E-state index contributed by atoms with van der Waals surface area (Å²) >= 11 is 12.6. The third-order valence-corrected chi connectivity index (χ3v) is 7.18. The van der Waals surface area contributed by atoms with Crippen LogP contribution in [0, 0.1) is 6.92 Å².